The third-order valence-electron chi connectivity index (χ3n) is 5.29. The molecule has 1 heterocycles. The first-order chi connectivity index (χ1) is 13.0. The number of hydrogen-bond donors (Lipinski definition) is 1. The summed E-state index contributed by atoms with van der Waals surface area (Å²) in [5, 5.41) is 3.74. The molecule has 5 heteroatoms. The first-order valence-electron chi connectivity index (χ1n) is 9.53. The van der Waals surface area contributed by atoms with Crippen molar-refractivity contribution in [3.8, 4) is 0 Å². The van der Waals surface area contributed by atoms with Crippen molar-refractivity contribution in [1.29, 1.82) is 0 Å². The average molecular weight is 399 g/mol. The van der Waals surface area contributed by atoms with Crippen LogP contribution in [0.4, 0.5) is 0 Å². The highest BCUT2D eigenvalue weighted by Gasteiger charge is 2.52. The van der Waals surface area contributed by atoms with Crippen molar-refractivity contribution in [2.75, 3.05) is 6.54 Å². The number of amides is 2. The van der Waals surface area contributed by atoms with E-state index in [4.69, 9.17) is 11.6 Å². The summed E-state index contributed by atoms with van der Waals surface area (Å²) in [5.41, 5.74) is 0.977. The van der Waals surface area contributed by atoms with E-state index in [1.54, 1.807) is 11.0 Å². The van der Waals surface area contributed by atoms with Gasteiger partial charge in [-0.15, -0.1) is 0 Å². The van der Waals surface area contributed by atoms with Gasteiger partial charge in [0.1, 0.15) is 5.54 Å². The van der Waals surface area contributed by atoms with Gasteiger partial charge >= 0.3 is 0 Å². The summed E-state index contributed by atoms with van der Waals surface area (Å²) in [7, 11) is 0. The van der Waals surface area contributed by atoms with Gasteiger partial charge in [0, 0.05) is 22.7 Å². The second kappa shape index (κ2) is 7.25. The Kier molecular flexibility index (Phi) is 5.28. The van der Waals surface area contributed by atoms with Crippen molar-refractivity contribution in [2.45, 2.75) is 51.6 Å². The normalized spacial score (nSPS) is 20.1. The van der Waals surface area contributed by atoms with Gasteiger partial charge in [0.05, 0.1) is 0 Å². The molecule has 28 heavy (non-hydrogen) atoms. The molecule has 0 saturated carbocycles. The number of carbonyl (C=O) groups excluding carboxylic acids is 2. The van der Waals surface area contributed by atoms with Crippen LogP contribution in [-0.2, 0) is 10.3 Å². The highest BCUT2D eigenvalue weighted by atomic mass is 35.5. The van der Waals surface area contributed by atoms with Crippen LogP contribution in [0.3, 0.4) is 0 Å². The fourth-order valence-corrected chi connectivity index (χ4v) is 3.86. The summed E-state index contributed by atoms with van der Waals surface area (Å²) in [6, 6.07) is 15.0. The Morgan fingerprint density at radius 3 is 2.36 bits per heavy atom. The van der Waals surface area contributed by atoms with Crippen LogP contribution in [0.5, 0.6) is 0 Å². The second-order valence-electron chi connectivity index (χ2n) is 8.69. The van der Waals surface area contributed by atoms with E-state index in [1.807, 2.05) is 70.2 Å². The Bertz CT molecular complexity index is 902. The lowest BCUT2D eigenvalue weighted by molar-refractivity contribution is -0.133. The standard InChI is InChI=1S/C23H27ClN2O2/c1-15(16-10-12-17(24)13-11-16)14-26-20(27)18-8-6-7-9-19(18)23(26,5)21(28)25-22(2,3)4/h6-13,15H,14H2,1-5H3,(H,25,28). The maximum Gasteiger partial charge on any atom is 0.255 e. The minimum atomic E-state index is -1.05. The first kappa shape index (κ1) is 20.4. The molecule has 4 nitrogen and oxygen atoms in total. The predicted molar refractivity (Wildman–Crippen MR) is 113 cm³/mol. The van der Waals surface area contributed by atoms with Crippen LogP contribution in [0.1, 0.15) is 62.0 Å². The van der Waals surface area contributed by atoms with Crippen LogP contribution in [0, 0.1) is 0 Å². The van der Waals surface area contributed by atoms with Gasteiger partial charge in [0.15, 0.2) is 0 Å². The van der Waals surface area contributed by atoms with E-state index < -0.39 is 11.1 Å². The highest BCUT2D eigenvalue weighted by molar-refractivity contribution is 6.30. The molecule has 148 valence electrons. The largest absolute Gasteiger partial charge is 0.349 e. The average Bonchev–Trinajstić information content (AvgIpc) is 2.84. The molecule has 0 spiro atoms. The molecular formula is C23H27ClN2O2. The van der Waals surface area contributed by atoms with E-state index in [9.17, 15) is 9.59 Å². The smallest absolute Gasteiger partial charge is 0.255 e. The molecule has 1 N–H and O–H groups in total. The molecule has 0 radical (unpaired) electrons. The molecule has 2 aromatic rings. The lowest BCUT2D eigenvalue weighted by Crippen LogP contribution is -2.57. The Balaban J connectivity index is 1.99. The van der Waals surface area contributed by atoms with Gasteiger partial charge in [-0.1, -0.05) is 48.9 Å². The molecule has 2 aromatic carbocycles. The monoisotopic (exact) mass is 398 g/mol. The number of halogens is 1. The quantitative estimate of drug-likeness (QED) is 0.809. The maximum absolute atomic E-state index is 13.3. The summed E-state index contributed by atoms with van der Waals surface area (Å²) >= 11 is 6.00. The molecule has 3 rings (SSSR count). The molecule has 0 saturated heterocycles. The molecule has 2 amide bonds. The Labute approximate surface area is 171 Å². The SMILES string of the molecule is CC(CN1C(=O)c2ccccc2C1(C)C(=O)NC(C)(C)C)c1ccc(Cl)cc1. The van der Waals surface area contributed by atoms with Gasteiger partial charge in [-0.3, -0.25) is 9.59 Å². The van der Waals surface area contributed by atoms with Crippen LogP contribution in [0.15, 0.2) is 48.5 Å². The van der Waals surface area contributed by atoms with Crippen LogP contribution in [-0.4, -0.2) is 28.8 Å². The summed E-state index contributed by atoms with van der Waals surface area (Å²) < 4.78 is 0. The molecule has 1 aliphatic heterocycles. The minimum absolute atomic E-state index is 0.0530. The molecule has 0 aliphatic carbocycles. The fourth-order valence-electron chi connectivity index (χ4n) is 3.73. The number of rotatable bonds is 4. The highest BCUT2D eigenvalue weighted by Crippen LogP contribution is 2.41. The molecule has 0 fully saturated rings. The molecular weight excluding hydrogens is 372 g/mol. The van der Waals surface area contributed by atoms with E-state index in [-0.39, 0.29) is 17.7 Å². The number of fused-ring (bicyclic) bond motifs is 1. The van der Waals surface area contributed by atoms with Crippen LogP contribution in [0.25, 0.3) is 0 Å². The van der Waals surface area contributed by atoms with Gasteiger partial charge in [0.25, 0.3) is 11.8 Å². The number of hydrogen-bond acceptors (Lipinski definition) is 2. The van der Waals surface area contributed by atoms with Gasteiger partial charge in [-0.2, -0.15) is 0 Å². The van der Waals surface area contributed by atoms with Crippen LogP contribution in [0.2, 0.25) is 5.02 Å². The summed E-state index contributed by atoms with van der Waals surface area (Å²) in [4.78, 5) is 28.3. The fraction of sp³-hybridized carbons (Fsp3) is 0.391. The van der Waals surface area contributed by atoms with Crippen molar-refractivity contribution in [3.63, 3.8) is 0 Å². The lowest BCUT2D eigenvalue weighted by Gasteiger charge is -2.38. The zero-order valence-electron chi connectivity index (χ0n) is 17.0. The van der Waals surface area contributed by atoms with E-state index >= 15 is 0 Å². The van der Waals surface area contributed by atoms with E-state index in [0.29, 0.717) is 17.1 Å². The number of carbonyl (C=O) groups is 2. The molecule has 1 aliphatic rings. The molecule has 2 atom stereocenters. The Morgan fingerprint density at radius 1 is 1.14 bits per heavy atom. The van der Waals surface area contributed by atoms with Crippen LogP contribution >= 0.6 is 11.6 Å². The zero-order valence-corrected chi connectivity index (χ0v) is 17.8. The molecule has 2 unspecified atom stereocenters. The Morgan fingerprint density at radius 2 is 1.75 bits per heavy atom. The molecule has 0 aromatic heterocycles. The minimum Gasteiger partial charge on any atom is -0.349 e. The maximum atomic E-state index is 13.3. The Hall–Kier alpha value is -2.33. The van der Waals surface area contributed by atoms with Crippen molar-refractivity contribution >= 4 is 23.4 Å². The van der Waals surface area contributed by atoms with E-state index in [2.05, 4.69) is 12.2 Å². The lowest BCUT2D eigenvalue weighted by atomic mass is 9.88. The predicted octanol–water partition coefficient (Wildman–Crippen LogP) is 4.73. The number of nitrogens with zero attached hydrogens (tertiary/aromatic N) is 1. The number of benzene rings is 2. The van der Waals surface area contributed by atoms with Crippen molar-refractivity contribution in [1.82, 2.24) is 10.2 Å². The van der Waals surface area contributed by atoms with E-state index in [1.165, 1.54) is 0 Å². The van der Waals surface area contributed by atoms with Gasteiger partial charge < -0.3 is 10.2 Å². The van der Waals surface area contributed by atoms with Gasteiger partial charge in [-0.05, 0) is 62.9 Å². The first-order valence-corrected chi connectivity index (χ1v) is 9.91. The van der Waals surface area contributed by atoms with Crippen molar-refractivity contribution in [2.24, 2.45) is 0 Å². The second-order valence-corrected chi connectivity index (χ2v) is 9.13. The van der Waals surface area contributed by atoms with Crippen LogP contribution < -0.4 is 5.32 Å². The third kappa shape index (κ3) is 3.66. The summed E-state index contributed by atoms with van der Waals surface area (Å²) in [5.74, 6) is -0.220. The van der Waals surface area contributed by atoms with Crippen molar-refractivity contribution in [3.05, 3.63) is 70.2 Å². The summed E-state index contributed by atoms with van der Waals surface area (Å²) in [6.07, 6.45) is 0. The van der Waals surface area contributed by atoms with E-state index in [0.717, 1.165) is 11.1 Å². The van der Waals surface area contributed by atoms with Gasteiger partial charge in [0.2, 0.25) is 0 Å². The molecule has 0 bridgehead atoms. The number of nitrogens with one attached hydrogen (secondary N) is 1. The summed E-state index contributed by atoms with van der Waals surface area (Å²) in [6.45, 7) is 10.2. The third-order valence-corrected chi connectivity index (χ3v) is 5.55. The van der Waals surface area contributed by atoms with Crippen molar-refractivity contribution < 1.29 is 9.59 Å². The topological polar surface area (TPSA) is 49.4 Å². The van der Waals surface area contributed by atoms with Gasteiger partial charge in [-0.25, -0.2) is 0 Å². The zero-order chi connectivity index (χ0) is 20.7.